The van der Waals surface area contributed by atoms with E-state index in [4.69, 9.17) is 10.5 Å². The highest BCUT2D eigenvalue weighted by molar-refractivity contribution is 6.39. The van der Waals surface area contributed by atoms with Gasteiger partial charge in [0.05, 0.1) is 23.9 Å². The molecule has 40 heavy (non-hydrogen) atoms. The average Bonchev–Trinajstić information content (AvgIpc) is 3.60. The molecule has 3 fully saturated rings. The number of ketones is 1. The molecule has 4 N–H and O–H groups in total. The molecular weight excluding hydrogens is 516 g/mol. The van der Waals surface area contributed by atoms with E-state index in [-0.39, 0.29) is 50.8 Å². The van der Waals surface area contributed by atoms with Gasteiger partial charge in [-0.1, -0.05) is 36.6 Å². The van der Waals surface area contributed by atoms with E-state index in [1.165, 1.54) is 17.5 Å². The standard InChI is InChI=1S/C28H42N6O6/c1-17(19-8-6-5-7-9-19)18(2)26(38)33-16-20(34-22(15-30-32-34)27(3,4)39)14-21(33)25(37)31-28(23(35)24(29)36)10-12-40-13-11-28/h15,18-21,39H,1,5-14,16H2,2-4H3,(H2,29,36)(H,31,37)/t18-,20+,21+/m1/s1. The zero-order chi connectivity index (χ0) is 29.2. The number of likely N-dealkylation sites (tertiary alicyclic amines) is 1. The lowest BCUT2D eigenvalue weighted by molar-refractivity contribution is -0.147. The number of carbonyl (C=O) groups excluding carboxylic acids is 4. The number of ether oxygens (including phenoxy) is 1. The predicted molar refractivity (Wildman–Crippen MR) is 144 cm³/mol. The Kier molecular flexibility index (Phi) is 8.79. The van der Waals surface area contributed by atoms with Gasteiger partial charge in [0, 0.05) is 39.0 Å². The Hall–Kier alpha value is -3.12. The number of hydrogen-bond donors (Lipinski definition) is 3. The second-order valence-electron chi connectivity index (χ2n) is 12.0. The first-order valence-electron chi connectivity index (χ1n) is 14.2. The van der Waals surface area contributed by atoms with Gasteiger partial charge in [-0.3, -0.25) is 19.2 Å². The van der Waals surface area contributed by atoms with Crippen molar-refractivity contribution in [3.63, 3.8) is 0 Å². The van der Waals surface area contributed by atoms with Crippen LogP contribution >= 0.6 is 0 Å². The van der Waals surface area contributed by atoms with Crippen LogP contribution in [0.2, 0.25) is 0 Å². The van der Waals surface area contributed by atoms with Crippen molar-refractivity contribution in [2.75, 3.05) is 19.8 Å². The number of Topliss-reactive ketones (excluding diaryl/α,β-unsaturated/α-hetero) is 1. The maximum absolute atomic E-state index is 14.0. The van der Waals surface area contributed by atoms with Gasteiger partial charge in [0.25, 0.3) is 5.91 Å². The number of nitrogens with zero attached hydrogens (tertiary/aromatic N) is 4. The third-order valence-corrected chi connectivity index (χ3v) is 8.84. The highest BCUT2D eigenvalue weighted by atomic mass is 16.5. The van der Waals surface area contributed by atoms with Crippen molar-refractivity contribution in [1.82, 2.24) is 25.2 Å². The topological polar surface area (TPSA) is 170 Å². The van der Waals surface area contributed by atoms with E-state index in [2.05, 4.69) is 22.2 Å². The number of aliphatic hydroxyl groups is 1. The molecule has 1 saturated carbocycles. The molecule has 1 aromatic rings. The molecule has 3 amide bonds. The van der Waals surface area contributed by atoms with Gasteiger partial charge >= 0.3 is 0 Å². The van der Waals surface area contributed by atoms with Gasteiger partial charge < -0.3 is 25.8 Å². The summed E-state index contributed by atoms with van der Waals surface area (Å²) < 4.78 is 6.94. The van der Waals surface area contributed by atoms with Crippen LogP contribution in [0.5, 0.6) is 0 Å². The summed E-state index contributed by atoms with van der Waals surface area (Å²) >= 11 is 0. The van der Waals surface area contributed by atoms with E-state index < -0.39 is 46.7 Å². The summed E-state index contributed by atoms with van der Waals surface area (Å²) in [7, 11) is 0. The molecular formula is C28H42N6O6. The molecule has 1 aromatic heterocycles. The number of rotatable bonds is 9. The molecule has 0 aromatic carbocycles. The maximum atomic E-state index is 14.0. The minimum atomic E-state index is -1.49. The normalized spacial score (nSPS) is 24.4. The van der Waals surface area contributed by atoms with Crippen molar-refractivity contribution in [2.45, 2.75) is 95.4 Å². The monoisotopic (exact) mass is 558 g/mol. The molecule has 0 bridgehead atoms. The summed E-state index contributed by atoms with van der Waals surface area (Å²) in [6.07, 6.45) is 7.24. The molecule has 0 spiro atoms. The number of carbonyl (C=O) groups is 4. The fourth-order valence-corrected chi connectivity index (χ4v) is 6.35. The van der Waals surface area contributed by atoms with Gasteiger partial charge in [-0.25, -0.2) is 4.68 Å². The lowest BCUT2D eigenvalue weighted by Gasteiger charge is -2.37. The fraction of sp³-hybridized carbons (Fsp3) is 0.714. The lowest BCUT2D eigenvalue weighted by atomic mass is 9.79. The van der Waals surface area contributed by atoms with Crippen LogP contribution < -0.4 is 11.1 Å². The Labute approximate surface area is 234 Å². The van der Waals surface area contributed by atoms with Crippen molar-refractivity contribution >= 4 is 23.5 Å². The Morgan fingerprint density at radius 3 is 2.45 bits per heavy atom. The number of primary amides is 1. The Morgan fingerprint density at radius 2 is 1.85 bits per heavy atom. The van der Waals surface area contributed by atoms with Crippen LogP contribution in [-0.2, 0) is 29.5 Å². The van der Waals surface area contributed by atoms with Gasteiger partial charge in [-0.2, -0.15) is 0 Å². The average molecular weight is 559 g/mol. The third kappa shape index (κ3) is 5.97. The number of amides is 3. The summed E-state index contributed by atoms with van der Waals surface area (Å²) in [5, 5.41) is 21.6. The Bertz CT molecular complexity index is 1140. The third-order valence-electron chi connectivity index (χ3n) is 8.84. The summed E-state index contributed by atoms with van der Waals surface area (Å²) in [6.45, 7) is 9.87. The van der Waals surface area contributed by atoms with Gasteiger partial charge in [-0.15, -0.1) is 5.10 Å². The molecule has 12 heteroatoms. The second kappa shape index (κ2) is 11.8. The van der Waals surface area contributed by atoms with Crippen molar-refractivity contribution in [2.24, 2.45) is 17.6 Å². The van der Waals surface area contributed by atoms with Crippen molar-refractivity contribution in [3.05, 3.63) is 24.0 Å². The SMILES string of the molecule is C=C(C1CCCCC1)[C@@H](C)C(=O)N1C[C@@H](n2nncc2C(C)(C)O)C[C@H]1C(=O)NC1(C(=O)C(N)=O)CCOCC1. The summed E-state index contributed by atoms with van der Waals surface area (Å²) in [6, 6.07) is -1.39. The van der Waals surface area contributed by atoms with Gasteiger partial charge in [0.1, 0.15) is 17.2 Å². The van der Waals surface area contributed by atoms with E-state index in [9.17, 15) is 24.3 Å². The number of nitrogens with two attached hydrogens (primary N) is 1. The summed E-state index contributed by atoms with van der Waals surface area (Å²) in [4.78, 5) is 54.2. The first-order chi connectivity index (χ1) is 18.9. The van der Waals surface area contributed by atoms with Crippen LogP contribution in [0.15, 0.2) is 18.3 Å². The molecule has 2 aliphatic heterocycles. The quantitative estimate of drug-likeness (QED) is 0.299. The number of hydrogen-bond acceptors (Lipinski definition) is 8. The number of nitrogens with one attached hydrogen (secondary N) is 1. The van der Waals surface area contributed by atoms with Crippen LogP contribution in [0.25, 0.3) is 0 Å². The largest absolute Gasteiger partial charge is 0.384 e. The summed E-state index contributed by atoms with van der Waals surface area (Å²) in [5.74, 6) is -3.04. The molecule has 12 nitrogen and oxygen atoms in total. The van der Waals surface area contributed by atoms with Crippen molar-refractivity contribution in [3.8, 4) is 0 Å². The van der Waals surface area contributed by atoms with Crippen LogP contribution in [-0.4, -0.2) is 79.8 Å². The molecule has 1 aliphatic carbocycles. The van der Waals surface area contributed by atoms with Crippen LogP contribution in [0.3, 0.4) is 0 Å². The highest BCUT2D eigenvalue weighted by Gasteiger charge is 2.49. The molecule has 0 unspecified atom stereocenters. The molecule has 220 valence electrons. The van der Waals surface area contributed by atoms with E-state index in [1.54, 1.807) is 18.5 Å². The Morgan fingerprint density at radius 1 is 1.20 bits per heavy atom. The maximum Gasteiger partial charge on any atom is 0.287 e. The van der Waals surface area contributed by atoms with Gasteiger partial charge in [0.2, 0.25) is 17.6 Å². The molecule has 0 radical (unpaired) electrons. The fourth-order valence-electron chi connectivity index (χ4n) is 6.35. The van der Waals surface area contributed by atoms with Crippen molar-refractivity contribution in [1.29, 1.82) is 0 Å². The minimum Gasteiger partial charge on any atom is -0.384 e. The first kappa shape index (κ1) is 29.9. The van der Waals surface area contributed by atoms with Crippen molar-refractivity contribution < 1.29 is 29.0 Å². The van der Waals surface area contributed by atoms with Gasteiger partial charge in [0.15, 0.2) is 0 Å². The number of aromatic nitrogens is 3. The minimum absolute atomic E-state index is 0.103. The molecule has 3 aliphatic rings. The molecule has 2 saturated heterocycles. The van der Waals surface area contributed by atoms with Crippen LogP contribution in [0.4, 0.5) is 0 Å². The zero-order valence-corrected chi connectivity index (χ0v) is 23.7. The van der Waals surface area contributed by atoms with E-state index in [0.29, 0.717) is 5.69 Å². The first-order valence-corrected chi connectivity index (χ1v) is 14.2. The van der Waals surface area contributed by atoms with E-state index in [1.807, 2.05) is 6.92 Å². The Balaban J connectivity index is 1.63. The second-order valence-corrected chi connectivity index (χ2v) is 12.0. The van der Waals surface area contributed by atoms with Crippen LogP contribution in [0.1, 0.15) is 83.9 Å². The lowest BCUT2D eigenvalue weighted by Crippen LogP contribution is -2.63. The highest BCUT2D eigenvalue weighted by Crippen LogP contribution is 2.37. The van der Waals surface area contributed by atoms with Crippen LogP contribution in [0, 0.1) is 11.8 Å². The molecule has 3 heterocycles. The smallest absolute Gasteiger partial charge is 0.287 e. The summed E-state index contributed by atoms with van der Waals surface area (Å²) in [5.41, 5.74) is 3.93. The molecule has 3 atom stereocenters. The van der Waals surface area contributed by atoms with E-state index in [0.717, 1.165) is 31.3 Å². The predicted octanol–water partition coefficient (Wildman–Crippen LogP) is 1.14. The van der Waals surface area contributed by atoms with E-state index >= 15 is 0 Å². The molecule has 4 rings (SSSR count). The van der Waals surface area contributed by atoms with Gasteiger partial charge in [-0.05, 0) is 39.5 Å². The zero-order valence-electron chi connectivity index (χ0n) is 23.7.